The molecule has 0 aliphatic heterocycles. The number of nitrogens with zero attached hydrogens (tertiary/aromatic N) is 1. The molecular weight excluding hydrogens is 404 g/mol. The summed E-state index contributed by atoms with van der Waals surface area (Å²) in [6.45, 7) is 3.56. The highest BCUT2D eigenvalue weighted by Crippen LogP contribution is 2.18. The van der Waals surface area contributed by atoms with Crippen LogP contribution in [0.5, 0.6) is 0 Å². The molecule has 2 rings (SSSR count). The minimum atomic E-state index is -0.921. The molecule has 0 fully saturated rings. The van der Waals surface area contributed by atoms with Crippen molar-refractivity contribution in [1.29, 1.82) is 5.26 Å². The van der Waals surface area contributed by atoms with E-state index in [-0.39, 0.29) is 18.2 Å². The fraction of sp³-hybridized carbons (Fsp3) is 0.300. The van der Waals surface area contributed by atoms with Crippen molar-refractivity contribution in [2.24, 2.45) is 11.5 Å². The van der Waals surface area contributed by atoms with Gasteiger partial charge in [-0.15, -0.1) is 12.4 Å². The van der Waals surface area contributed by atoms with Gasteiger partial charge in [0.05, 0.1) is 13.2 Å². The van der Waals surface area contributed by atoms with Crippen molar-refractivity contribution in [2.75, 3.05) is 14.2 Å². The Kier molecular flexibility index (Phi) is 14.3. The third kappa shape index (κ3) is 8.98. The molecule has 6 nitrogen and oxygen atoms in total. The number of ether oxygens (including phenoxy) is 1. The molecule has 5 N–H and O–H groups in total. The Hall–Kier alpha value is -2.57. The number of aliphatic hydroxyl groups is 1. The third-order valence-electron chi connectivity index (χ3n) is 3.75. The lowest BCUT2D eigenvalue weighted by Gasteiger charge is -2.12. The van der Waals surface area contributed by atoms with Gasteiger partial charge in [-0.1, -0.05) is 12.1 Å². The van der Waals surface area contributed by atoms with Gasteiger partial charge >= 0.3 is 5.97 Å². The first-order valence-electron chi connectivity index (χ1n) is 8.16. The van der Waals surface area contributed by atoms with E-state index in [1.165, 1.54) is 31.4 Å². The minimum absolute atomic E-state index is 0. The fourth-order valence-corrected chi connectivity index (χ4v) is 2.22. The highest BCUT2D eigenvalue weighted by atomic mass is 35.5. The van der Waals surface area contributed by atoms with Gasteiger partial charge in [-0.2, -0.15) is 5.26 Å². The lowest BCUT2D eigenvalue weighted by molar-refractivity contribution is -0.142. The van der Waals surface area contributed by atoms with Crippen LogP contribution in [0.25, 0.3) is 0 Å². The molecule has 0 aliphatic rings. The molecule has 0 heterocycles. The summed E-state index contributed by atoms with van der Waals surface area (Å²) in [6.07, 6.45) is 0. The van der Waals surface area contributed by atoms with Crippen molar-refractivity contribution < 1.29 is 23.4 Å². The lowest BCUT2D eigenvalue weighted by Crippen LogP contribution is -2.23. The second kappa shape index (κ2) is 14.4. The number of benzene rings is 2. The van der Waals surface area contributed by atoms with E-state index < -0.39 is 23.9 Å². The topological polar surface area (TPSA) is 122 Å². The summed E-state index contributed by atoms with van der Waals surface area (Å²) in [5.41, 5.74) is 13.6. The van der Waals surface area contributed by atoms with E-state index in [0.29, 0.717) is 11.1 Å². The van der Waals surface area contributed by atoms with Crippen LogP contribution in [0.3, 0.4) is 0 Å². The highest BCUT2D eigenvalue weighted by molar-refractivity contribution is 5.85. The Morgan fingerprint density at radius 1 is 1.03 bits per heavy atom. The van der Waals surface area contributed by atoms with E-state index in [0.717, 1.165) is 18.2 Å². The largest absolute Gasteiger partial charge is 0.468 e. The van der Waals surface area contributed by atoms with Crippen LogP contribution in [0, 0.1) is 36.8 Å². The number of hydrogen-bond acceptors (Lipinski definition) is 6. The Morgan fingerprint density at radius 2 is 1.45 bits per heavy atom. The van der Waals surface area contributed by atoms with E-state index in [1.807, 2.05) is 6.07 Å². The number of methoxy groups -OCH3 is 1. The molecule has 2 aromatic rings. The van der Waals surface area contributed by atoms with Crippen LogP contribution in [0.4, 0.5) is 8.78 Å². The number of nitriles is 1. The average Bonchev–Trinajstić information content (AvgIpc) is 2.71. The van der Waals surface area contributed by atoms with Crippen molar-refractivity contribution in [3.63, 3.8) is 0 Å². The molecule has 29 heavy (non-hydrogen) atoms. The predicted molar refractivity (Wildman–Crippen MR) is 109 cm³/mol. The van der Waals surface area contributed by atoms with Gasteiger partial charge in [-0.3, -0.25) is 4.79 Å². The molecule has 0 radical (unpaired) electrons. The molecule has 0 aliphatic carbocycles. The summed E-state index contributed by atoms with van der Waals surface area (Å²) in [5, 5.41) is 15.5. The first-order valence-corrected chi connectivity index (χ1v) is 8.16. The smallest absolute Gasteiger partial charge is 0.327 e. The zero-order valence-electron chi connectivity index (χ0n) is 16.6. The van der Waals surface area contributed by atoms with Crippen molar-refractivity contribution in [3.05, 3.63) is 70.3 Å². The molecule has 0 bridgehead atoms. The van der Waals surface area contributed by atoms with Crippen molar-refractivity contribution in [1.82, 2.24) is 0 Å². The molecule has 2 aromatic carbocycles. The second-order valence-corrected chi connectivity index (χ2v) is 5.61. The standard InChI is InChI=1S/C10H12FNO2.C9H9FN2.CH4O.ClH/c1-6-3-4-7(11)5-8(6)9(12)10(13)14-2;1-6-2-3-7(10)4-8(6)9(12)5-11;1-2;/h3-5,9H,12H2,1-2H3;2-4,9H,12H2,1H3;2H,1H3;1H. The van der Waals surface area contributed by atoms with Gasteiger partial charge in [0.25, 0.3) is 0 Å². The number of esters is 1. The van der Waals surface area contributed by atoms with Crippen molar-refractivity contribution in [2.45, 2.75) is 25.9 Å². The lowest BCUT2D eigenvalue weighted by atomic mass is 10.0. The summed E-state index contributed by atoms with van der Waals surface area (Å²) in [7, 11) is 2.25. The average molecular weight is 430 g/mol. The predicted octanol–water partition coefficient (Wildman–Crippen LogP) is 2.99. The van der Waals surface area contributed by atoms with Gasteiger partial charge in [0.1, 0.15) is 23.7 Å². The Morgan fingerprint density at radius 3 is 1.86 bits per heavy atom. The van der Waals surface area contributed by atoms with Crippen LogP contribution in [-0.2, 0) is 9.53 Å². The summed E-state index contributed by atoms with van der Waals surface area (Å²) in [4.78, 5) is 11.1. The second-order valence-electron chi connectivity index (χ2n) is 5.61. The number of carbonyl (C=O) groups is 1. The summed E-state index contributed by atoms with van der Waals surface area (Å²) in [6, 6.07) is 8.61. The van der Waals surface area contributed by atoms with Gasteiger partial charge in [0.2, 0.25) is 0 Å². The van der Waals surface area contributed by atoms with Gasteiger partial charge in [0.15, 0.2) is 0 Å². The maximum Gasteiger partial charge on any atom is 0.327 e. The van der Waals surface area contributed by atoms with Gasteiger partial charge < -0.3 is 21.3 Å². The molecule has 0 aromatic heterocycles. The number of nitrogens with two attached hydrogens (primary N) is 2. The molecule has 2 unspecified atom stereocenters. The molecule has 0 spiro atoms. The van der Waals surface area contributed by atoms with Crippen LogP contribution in [0.2, 0.25) is 0 Å². The molecule has 2 atom stereocenters. The summed E-state index contributed by atoms with van der Waals surface area (Å²) < 4.78 is 30.0. The van der Waals surface area contributed by atoms with E-state index in [4.69, 9.17) is 21.8 Å². The first-order chi connectivity index (χ1) is 13.2. The molecule has 0 amide bonds. The Balaban J connectivity index is 0. The van der Waals surface area contributed by atoms with Crippen LogP contribution in [0.1, 0.15) is 34.3 Å². The number of halogens is 3. The van der Waals surface area contributed by atoms with E-state index in [2.05, 4.69) is 4.74 Å². The van der Waals surface area contributed by atoms with Gasteiger partial charge in [0, 0.05) is 7.11 Å². The Labute approximate surface area is 175 Å². The number of carbonyl (C=O) groups excluding carboxylic acids is 1. The third-order valence-corrected chi connectivity index (χ3v) is 3.75. The molecular formula is C20H26ClF2N3O3. The minimum Gasteiger partial charge on any atom is -0.468 e. The quantitative estimate of drug-likeness (QED) is 0.644. The monoisotopic (exact) mass is 429 g/mol. The molecule has 0 saturated carbocycles. The molecule has 160 valence electrons. The number of aliphatic hydroxyl groups excluding tert-OH is 1. The number of rotatable bonds is 3. The number of aryl methyl sites for hydroxylation is 2. The van der Waals surface area contributed by atoms with Crippen LogP contribution in [0.15, 0.2) is 36.4 Å². The maximum atomic E-state index is 12.9. The summed E-state index contributed by atoms with van der Waals surface area (Å²) in [5.74, 6) is -1.34. The van der Waals surface area contributed by atoms with Crippen molar-refractivity contribution in [3.8, 4) is 6.07 Å². The SMILES string of the molecule is CO.COC(=O)C(N)c1cc(F)ccc1C.Cc1ccc(F)cc1C(N)C#N.Cl. The zero-order valence-corrected chi connectivity index (χ0v) is 17.5. The van der Waals surface area contributed by atoms with Crippen molar-refractivity contribution >= 4 is 18.4 Å². The number of hydrogen-bond donors (Lipinski definition) is 3. The van der Waals surface area contributed by atoms with Gasteiger partial charge in [-0.25, -0.2) is 8.78 Å². The fourth-order valence-electron chi connectivity index (χ4n) is 2.22. The van der Waals surface area contributed by atoms with Gasteiger partial charge in [-0.05, 0) is 60.4 Å². The normalized spacial score (nSPS) is 11.2. The molecule has 0 saturated heterocycles. The van der Waals surface area contributed by atoms with Crippen LogP contribution < -0.4 is 11.5 Å². The van der Waals surface area contributed by atoms with Crippen LogP contribution in [-0.4, -0.2) is 25.3 Å². The maximum absolute atomic E-state index is 12.9. The van der Waals surface area contributed by atoms with E-state index >= 15 is 0 Å². The Bertz CT molecular complexity index is 829. The first kappa shape index (κ1) is 28.6. The summed E-state index contributed by atoms with van der Waals surface area (Å²) >= 11 is 0. The van der Waals surface area contributed by atoms with E-state index in [1.54, 1.807) is 26.0 Å². The highest BCUT2D eigenvalue weighted by Gasteiger charge is 2.18. The van der Waals surface area contributed by atoms with E-state index in [9.17, 15) is 13.6 Å². The zero-order chi connectivity index (χ0) is 21.9. The molecule has 9 heteroatoms. The van der Waals surface area contributed by atoms with Crippen LogP contribution >= 0.6 is 12.4 Å².